The first-order chi connectivity index (χ1) is 12.7. The van der Waals surface area contributed by atoms with E-state index < -0.39 is 0 Å². The molecule has 2 heterocycles. The number of hydrogen-bond acceptors (Lipinski definition) is 4. The lowest BCUT2D eigenvalue weighted by Gasteiger charge is -2.09. The summed E-state index contributed by atoms with van der Waals surface area (Å²) in [4.78, 5) is 16.5. The summed E-state index contributed by atoms with van der Waals surface area (Å²) in [5, 5.41) is 2.81. The molecule has 0 aliphatic heterocycles. The normalized spacial score (nSPS) is 10.7. The van der Waals surface area contributed by atoms with Gasteiger partial charge in [-0.05, 0) is 49.7 Å². The number of benzene rings is 1. The molecule has 1 N–H and O–H groups in total. The van der Waals surface area contributed by atoms with Gasteiger partial charge in [-0.15, -0.1) is 0 Å². The molecule has 3 rings (SSSR count). The van der Waals surface area contributed by atoms with Gasteiger partial charge in [-0.2, -0.15) is 0 Å². The van der Waals surface area contributed by atoms with Crippen molar-refractivity contribution in [3.63, 3.8) is 0 Å². The summed E-state index contributed by atoms with van der Waals surface area (Å²) in [5.74, 6) is 1.15. The fourth-order valence-electron chi connectivity index (χ4n) is 2.53. The Balaban J connectivity index is 1.53. The van der Waals surface area contributed by atoms with Crippen molar-refractivity contribution in [3.05, 3.63) is 54.5 Å². The van der Waals surface area contributed by atoms with Gasteiger partial charge in [0.15, 0.2) is 18.0 Å². The number of nitrogens with one attached hydrogen (secondary N) is 1. The molecule has 1 amide bonds. The number of imidazole rings is 1. The first-order valence-electron chi connectivity index (χ1n) is 8.75. The van der Waals surface area contributed by atoms with Crippen LogP contribution >= 0.6 is 0 Å². The van der Waals surface area contributed by atoms with Crippen LogP contribution in [0.15, 0.2) is 48.8 Å². The van der Waals surface area contributed by atoms with Gasteiger partial charge in [0.05, 0.1) is 12.3 Å². The third kappa shape index (κ3) is 4.53. The molecule has 6 nitrogen and oxygen atoms in total. The lowest BCUT2D eigenvalue weighted by atomic mass is 10.3. The smallest absolute Gasteiger partial charge is 0.262 e. The molecular weight excluding hydrogens is 330 g/mol. The van der Waals surface area contributed by atoms with Gasteiger partial charge in [-0.1, -0.05) is 13.3 Å². The maximum absolute atomic E-state index is 12.1. The zero-order valence-corrected chi connectivity index (χ0v) is 15.1. The Hall–Kier alpha value is -3.02. The number of pyridine rings is 1. The fraction of sp³-hybridized carbons (Fsp3) is 0.300. The number of unbranched alkanes of at least 4 members (excludes halogenated alkanes) is 1. The molecule has 0 bridgehead atoms. The predicted octanol–water partition coefficient (Wildman–Crippen LogP) is 3.84. The van der Waals surface area contributed by atoms with Gasteiger partial charge in [-0.3, -0.25) is 4.79 Å². The number of carbonyl (C=O) groups is 1. The third-order valence-electron chi connectivity index (χ3n) is 3.83. The lowest BCUT2D eigenvalue weighted by molar-refractivity contribution is -0.118. The van der Waals surface area contributed by atoms with Crippen LogP contribution in [0.2, 0.25) is 0 Å². The zero-order valence-electron chi connectivity index (χ0n) is 15.1. The standard InChI is InChI=1S/C20H23N3O3/c1-3-4-12-25-17-9-7-16(8-10-17)22-19(24)14-26-18-6-5-11-23-13-15(2)21-20(18)23/h5-11,13H,3-4,12,14H2,1-2H3,(H,22,24). The zero-order chi connectivity index (χ0) is 18.4. The van der Waals surface area contributed by atoms with Crippen LogP contribution in [0.3, 0.4) is 0 Å². The highest BCUT2D eigenvalue weighted by Crippen LogP contribution is 2.19. The van der Waals surface area contributed by atoms with Gasteiger partial charge >= 0.3 is 0 Å². The first kappa shape index (κ1) is 17.8. The van der Waals surface area contributed by atoms with E-state index in [0.29, 0.717) is 23.7 Å². The molecule has 0 saturated heterocycles. The molecule has 0 radical (unpaired) electrons. The number of nitrogens with zero attached hydrogens (tertiary/aromatic N) is 2. The molecule has 2 aromatic heterocycles. The first-order valence-corrected chi connectivity index (χ1v) is 8.75. The summed E-state index contributed by atoms with van der Waals surface area (Å²) in [6.07, 6.45) is 5.93. The molecule has 6 heteroatoms. The van der Waals surface area contributed by atoms with Crippen molar-refractivity contribution in [2.45, 2.75) is 26.7 Å². The van der Waals surface area contributed by atoms with E-state index in [0.717, 1.165) is 24.3 Å². The highest BCUT2D eigenvalue weighted by atomic mass is 16.5. The van der Waals surface area contributed by atoms with E-state index in [9.17, 15) is 4.79 Å². The minimum absolute atomic E-state index is 0.0830. The maximum atomic E-state index is 12.1. The highest BCUT2D eigenvalue weighted by Gasteiger charge is 2.08. The second-order valence-electron chi connectivity index (χ2n) is 6.05. The number of aromatic nitrogens is 2. The highest BCUT2D eigenvalue weighted by molar-refractivity contribution is 5.92. The lowest BCUT2D eigenvalue weighted by Crippen LogP contribution is -2.20. The van der Waals surface area contributed by atoms with Crippen molar-refractivity contribution in [1.29, 1.82) is 0 Å². The van der Waals surface area contributed by atoms with Crippen molar-refractivity contribution in [2.24, 2.45) is 0 Å². The quantitative estimate of drug-likeness (QED) is 0.625. The van der Waals surface area contributed by atoms with E-state index in [1.807, 2.05) is 54.0 Å². The van der Waals surface area contributed by atoms with Crippen molar-refractivity contribution < 1.29 is 14.3 Å². The van der Waals surface area contributed by atoms with Gasteiger partial charge in [0.1, 0.15) is 5.75 Å². The molecule has 0 spiro atoms. The van der Waals surface area contributed by atoms with Crippen LogP contribution in [0.1, 0.15) is 25.5 Å². The van der Waals surface area contributed by atoms with Crippen molar-refractivity contribution in [2.75, 3.05) is 18.5 Å². The van der Waals surface area contributed by atoms with Gasteiger partial charge in [0, 0.05) is 18.1 Å². The second kappa shape index (κ2) is 8.38. The minimum atomic E-state index is -0.227. The Morgan fingerprint density at radius 2 is 2.00 bits per heavy atom. The molecule has 1 aromatic carbocycles. The van der Waals surface area contributed by atoms with Crippen LogP contribution < -0.4 is 14.8 Å². The number of amides is 1. The monoisotopic (exact) mass is 353 g/mol. The van der Waals surface area contributed by atoms with Crippen LogP contribution in [0.5, 0.6) is 11.5 Å². The number of aryl methyl sites for hydroxylation is 1. The molecule has 136 valence electrons. The van der Waals surface area contributed by atoms with E-state index in [1.165, 1.54) is 0 Å². The maximum Gasteiger partial charge on any atom is 0.262 e. The van der Waals surface area contributed by atoms with Crippen LogP contribution in [0.25, 0.3) is 5.65 Å². The largest absolute Gasteiger partial charge is 0.494 e. The van der Waals surface area contributed by atoms with E-state index in [2.05, 4.69) is 17.2 Å². The Morgan fingerprint density at radius 3 is 2.77 bits per heavy atom. The Kier molecular flexibility index (Phi) is 5.73. The molecule has 0 aliphatic carbocycles. The predicted molar refractivity (Wildman–Crippen MR) is 101 cm³/mol. The Morgan fingerprint density at radius 1 is 1.19 bits per heavy atom. The van der Waals surface area contributed by atoms with E-state index >= 15 is 0 Å². The number of fused-ring (bicyclic) bond motifs is 1. The summed E-state index contributed by atoms with van der Waals surface area (Å²) in [6, 6.07) is 11.0. The van der Waals surface area contributed by atoms with Gasteiger partial charge in [-0.25, -0.2) is 4.98 Å². The summed E-state index contributed by atoms with van der Waals surface area (Å²) in [7, 11) is 0. The summed E-state index contributed by atoms with van der Waals surface area (Å²) in [5.41, 5.74) is 2.30. The number of rotatable bonds is 8. The molecule has 0 fully saturated rings. The molecule has 0 saturated carbocycles. The average Bonchev–Trinajstić information content (AvgIpc) is 3.02. The number of hydrogen-bond donors (Lipinski definition) is 1. The van der Waals surface area contributed by atoms with Gasteiger partial charge in [0.2, 0.25) is 0 Å². The van der Waals surface area contributed by atoms with Gasteiger partial charge in [0.25, 0.3) is 5.91 Å². The van der Waals surface area contributed by atoms with Crippen LogP contribution in [0.4, 0.5) is 5.69 Å². The van der Waals surface area contributed by atoms with Crippen molar-refractivity contribution in [1.82, 2.24) is 9.38 Å². The van der Waals surface area contributed by atoms with Crippen molar-refractivity contribution in [3.8, 4) is 11.5 Å². The summed E-state index contributed by atoms with van der Waals surface area (Å²) in [6.45, 7) is 4.66. The molecule has 0 atom stereocenters. The topological polar surface area (TPSA) is 64.9 Å². The molecule has 0 unspecified atom stereocenters. The third-order valence-corrected chi connectivity index (χ3v) is 3.83. The van der Waals surface area contributed by atoms with E-state index in [-0.39, 0.29) is 12.5 Å². The number of ether oxygens (including phenoxy) is 2. The summed E-state index contributed by atoms with van der Waals surface area (Å²) >= 11 is 0. The van der Waals surface area contributed by atoms with Gasteiger partial charge < -0.3 is 19.2 Å². The Labute approximate surface area is 152 Å². The fourth-order valence-corrected chi connectivity index (χ4v) is 2.53. The van der Waals surface area contributed by atoms with Crippen LogP contribution in [-0.2, 0) is 4.79 Å². The SMILES string of the molecule is CCCCOc1ccc(NC(=O)COc2cccn3cc(C)nc23)cc1. The molecule has 3 aromatic rings. The molecular formula is C20H23N3O3. The number of anilines is 1. The van der Waals surface area contributed by atoms with Crippen molar-refractivity contribution >= 4 is 17.2 Å². The second-order valence-corrected chi connectivity index (χ2v) is 6.05. The van der Waals surface area contributed by atoms with Crippen LogP contribution in [0, 0.1) is 6.92 Å². The summed E-state index contributed by atoms with van der Waals surface area (Å²) < 4.78 is 13.1. The number of carbonyl (C=O) groups excluding carboxylic acids is 1. The van der Waals surface area contributed by atoms with E-state index in [4.69, 9.17) is 9.47 Å². The average molecular weight is 353 g/mol. The van der Waals surface area contributed by atoms with Crippen LogP contribution in [-0.4, -0.2) is 28.5 Å². The Bertz CT molecular complexity index is 872. The molecule has 0 aliphatic rings. The minimum Gasteiger partial charge on any atom is -0.494 e. The molecule has 26 heavy (non-hydrogen) atoms. The van der Waals surface area contributed by atoms with E-state index in [1.54, 1.807) is 6.07 Å².